The maximum absolute atomic E-state index is 14.7. The summed E-state index contributed by atoms with van der Waals surface area (Å²) in [4.78, 5) is 43.8. The van der Waals surface area contributed by atoms with Crippen molar-refractivity contribution in [2.24, 2.45) is 22.7 Å². The van der Waals surface area contributed by atoms with Gasteiger partial charge in [0.1, 0.15) is 51.6 Å². The molecular formula is C45H47N7O7. The Bertz CT molecular complexity index is 2630. The molecule has 0 radical (unpaired) electrons. The van der Waals surface area contributed by atoms with Gasteiger partial charge in [0.25, 0.3) is 0 Å². The summed E-state index contributed by atoms with van der Waals surface area (Å²) in [5.41, 5.74) is 16.2. The Kier molecular flexibility index (Phi) is 8.55. The lowest BCUT2D eigenvalue weighted by Gasteiger charge is -2.47. The largest absolute Gasteiger partial charge is 0.507 e. The van der Waals surface area contributed by atoms with Gasteiger partial charge in [-0.05, 0) is 101 Å². The monoisotopic (exact) mass is 797 g/mol. The van der Waals surface area contributed by atoms with Gasteiger partial charge in [-0.25, -0.2) is 14.8 Å². The first kappa shape index (κ1) is 37.3. The molecular weight excluding hydrogens is 751 g/mol. The maximum Gasteiger partial charge on any atom is 0.342 e. The number of nitrogens with one attached hydrogen (secondary N) is 1. The molecule has 9 heterocycles. The van der Waals surface area contributed by atoms with Gasteiger partial charge in [-0.1, -0.05) is 12.2 Å². The molecule has 2 saturated heterocycles. The minimum absolute atomic E-state index is 0.0394. The molecule has 1 spiro atoms. The summed E-state index contributed by atoms with van der Waals surface area (Å²) >= 11 is 0. The zero-order valence-electron chi connectivity index (χ0n) is 33.4. The second-order valence-electron chi connectivity index (χ2n) is 17.3. The van der Waals surface area contributed by atoms with Crippen LogP contribution in [0.15, 0.2) is 86.3 Å². The first-order chi connectivity index (χ1) is 28.3. The summed E-state index contributed by atoms with van der Waals surface area (Å²) in [6.45, 7) is 7.45. The number of nitrogens with zero attached hydrogens (tertiary/aromatic N) is 4. The molecule has 14 heteroatoms. The fraction of sp³-hybridized carbons (Fsp3) is 0.400. The molecule has 1 aromatic carbocycles. The third-order valence-electron chi connectivity index (χ3n) is 12.9. The Morgan fingerprint density at radius 3 is 2.69 bits per heavy atom. The molecule has 2 bridgehead atoms. The predicted octanol–water partition coefficient (Wildman–Crippen LogP) is 5.07. The van der Waals surface area contributed by atoms with Crippen LogP contribution in [0.2, 0.25) is 0 Å². The van der Waals surface area contributed by atoms with Crippen LogP contribution in [-0.4, -0.2) is 75.7 Å². The average molecular weight is 798 g/mol. The minimum atomic E-state index is -1.21. The molecule has 2 fully saturated rings. The van der Waals surface area contributed by atoms with Crippen LogP contribution in [0.5, 0.6) is 11.5 Å². The zero-order valence-corrected chi connectivity index (χ0v) is 33.4. The number of epoxide rings is 1. The van der Waals surface area contributed by atoms with E-state index < -0.39 is 35.3 Å². The van der Waals surface area contributed by atoms with E-state index in [4.69, 9.17) is 30.1 Å². The van der Waals surface area contributed by atoms with Gasteiger partial charge in [0.2, 0.25) is 0 Å². The van der Waals surface area contributed by atoms with Gasteiger partial charge in [0.15, 0.2) is 11.0 Å². The number of allylic oxidation sites excluding steroid dienone is 2. The topological polar surface area (TPSA) is 204 Å². The number of hydrogen-bond acceptors (Lipinski definition) is 14. The molecule has 11 rings (SSSR count). The molecule has 0 unspecified atom stereocenters. The van der Waals surface area contributed by atoms with Gasteiger partial charge in [0, 0.05) is 59.6 Å². The van der Waals surface area contributed by atoms with E-state index in [1.54, 1.807) is 19.1 Å². The smallest absolute Gasteiger partial charge is 0.342 e. The number of fused-ring (bicyclic) bond motifs is 5. The van der Waals surface area contributed by atoms with Gasteiger partial charge in [-0.2, -0.15) is 0 Å². The molecule has 4 aromatic rings. The molecule has 0 saturated carbocycles. The number of aryl methyl sites for hydroxylation is 2. The SMILES string of the molecule is CNC[C@H]1C[C@@H]2C=C[C@@H]1[C@H]1c3c(cc4oc(C)cc(=O)c4c3O)OC(C)(C)[C@@H]1OC(=O)[C@@]21O[C@@H]1CCc1cc(N)nc(-c2cc(N)nc(CN3C=C4N=CC=C4C3)c2)c1. The van der Waals surface area contributed by atoms with Gasteiger partial charge >= 0.3 is 5.97 Å². The summed E-state index contributed by atoms with van der Waals surface area (Å²) in [6.07, 6.45) is 10.7. The van der Waals surface area contributed by atoms with Crippen LogP contribution in [0.3, 0.4) is 0 Å². The highest BCUT2D eigenvalue weighted by molar-refractivity contribution is 5.88. The lowest BCUT2D eigenvalue weighted by atomic mass is 9.64. The highest BCUT2D eigenvalue weighted by Gasteiger charge is 2.70. The number of phenols is 1. The van der Waals surface area contributed by atoms with Crippen molar-refractivity contribution in [1.29, 1.82) is 0 Å². The van der Waals surface area contributed by atoms with Crippen LogP contribution < -0.4 is 26.9 Å². The van der Waals surface area contributed by atoms with Crippen molar-refractivity contribution in [2.45, 2.75) is 75.9 Å². The van der Waals surface area contributed by atoms with Crippen LogP contribution in [-0.2, 0) is 27.2 Å². The number of esters is 1. The van der Waals surface area contributed by atoms with Gasteiger partial charge in [0.05, 0.1) is 29.7 Å². The van der Waals surface area contributed by atoms with E-state index in [1.165, 1.54) is 11.6 Å². The van der Waals surface area contributed by atoms with E-state index in [2.05, 4.69) is 37.3 Å². The Balaban J connectivity index is 0.934. The Morgan fingerprint density at radius 2 is 1.88 bits per heavy atom. The molecule has 3 aromatic heterocycles. The Morgan fingerprint density at radius 1 is 1.05 bits per heavy atom. The number of aromatic hydroxyl groups is 1. The van der Waals surface area contributed by atoms with Gasteiger partial charge in [-0.3, -0.25) is 9.79 Å². The number of aliphatic imine (C=N–C) groups is 1. The lowest BCUT2D eigenvalue weighted by molar-refractivity contribution is -0.172. The average Bonchev–Trinajstić information content (AvgIpc) is 3.52. The molecule has 1 aliphatic carbocycles. The van der Waals surface area contributed by atoms with Gasteiger partial charge < -0.3 is 45.4 Å². The van der Waals surface area contributed by atoms with Crippen molar-refractivity contribution in [3.8, 4) is 22.8 Å². The predicted molar refractivity (Wildman–Crippen MR) is 222 cm³/mol. The van der Waals surface area contributed by atoms with Crippen LogP contribution in [0.1, 0.15) is 55.2 Å². The molecule has 0 amide bonds. The van der Waals surface area contributed by atoms with Crippen molar-refractivity contribution in [1.82, 2.24) is 20.2 Å². The first-order valence-corrected chi connectivity index (χ1v) is 20.2. The highest BCUT2D eigenvalue weighted by atomic mass is 16.7. The number of hydrogen-bond donors (Lipinski definition) is 4. The van der Waals surface area contributed by atoms with E-state index in [9.17, 15) is 14.7 Å². The van der Waals surface area contributed by atoms with Crippen molar-refractivity contribution >= 4 is 34.8 Å². The summed E-state index contributed by atoms with van der Waals surface area (Å²) in [6, 6.07) is 10.7. The number of nitrogen functional groups attached to an aromatic ring is 2. The molecule has 59 heavy (non-hydrogen) atoms. The lowest BCUT2D eigenvalue weighted by Crippen LogP contribution is -2.54. The maximum atomic E-state index is 14.7. The quantitative estimate of drug-likeness (QED) is 0.105. The van der Waals surface area contributed by atoms with Crippen molar-refractivity contribution in [3.05, 3.63) is 105 Å². The van der Waals surface area contributed by atoms with Gasteiger partial charge in [-0.15, -0.1) is 0 Å². The van der Waals surface area contributed by atoms with Crippen LogP contribution in [0.4, 0.5) is 11.6 Å². The number of phenolic OH excluding ortho intramolecular Hbond substituents is 1. The number of anilines is 2. The Hall–Kier alpha value is -5.99. The van der Waals surface area contributed by atoms with E-state index in [0.717, 1.165) is 29.1 Å². The van der Waals surface area contributed by atoms with E-state index in [0.29, 0.717) is 66.8 Å². The first-order valence-electron chi connectivity index (χ1n) is 20.2. The summed E-state index contributed by atoms with van der Waals surface area (Å²) in [5, 5.41) is 15.3. The molecule has 6 aliphatic heterocycles. The number of aromatic nitrogens is 2. The summed E-state index contributed by atoms with van der Waals surface area (Å²) < 4.78 is 25.6. The normalized spacial score (nSPS) is 28.3. The van der Waals surface area contributed by atoms with Crippen LogP contribution in [0.25, 0.3) is 22.2 Å². The molecule has 304 valence electrons. The molecule has 7 atom stereocenters. The second kappa shape index (κ2) is 13.5. The fourth-order valence-corrected chi connectivity index (χ4v) is 10.3. The molecule has 14 nitrogen and oxygen atoms in total. The Labute approximate surface area is 340 Å². The van der Waals surface area contributed by atoms with Crippen LogP contribution >= 0.6 is 0 Å². The van der Waals surface area contributed by atoms with Crippen molar-refractivity contribution in [3.63, 3.8) is 0 Å². The van der Waals surface area contributed by atoms with Crippen molar-refractivity contribution < 1.29 is 28.5 Å². The summed E-state index contributed by atoms with van der Waals surface area (Å²) in [7, 11) is 1.91. The second-order valence-corrected chi connectivity index (χ2v) is 17.3. The number of carbonyl (C=O) groups is 1. The van der Waals surface area contributed by atoms with Crippen molar-refractivity contribution in [2.75, 3.05) is 31.6 Å². The molecule has 7 aliphatic rings. The highest BCUT2D eigenvalue weighted by Crippen LogP contribution is 2.59. The molecule has 6 N–H and O–H groups in total. The zero-order chi connectivity index (χ0) is 41.0. The number of ether oxygens (including phenoxy) is 3. The number of pyridine rings is 2. The van der Waals surface area contributed by atoms with E-state index >= 15 is 0 Å². The van der Waals surface area contributed by atoms with Crippen LogP contribution in [0, 0.1) is 24.7 Å². The summed E-state index contributed by atoms with van der Waals surface area (Å²) in [5.74, 6) is 0.0362. The fourth-order valence-electron chi connectivity index (χ4n) is 10.3. The standard InChI is InChI=1S/C45H47N7O7/c1-22-11-32(53)39-33(56-22)17-34-40(41(39)54)38-29-7-6-27(14-26(29)18-48-4)45(43(55)57-42(38)44(2,3)58-34)35(59-45)8-5-23-12-30(51-36(46)13-23)25-15-28(50-37(47)16-25)20-52-19-24-9-10-49-31(24)21-52/h6-7,9-13,15-17,21,26-27,29,35,38,42,48,54H,5,8,14,18-20H2,1-4H3,(H2,46,51)(H2,47,50)/t26-,27+,29+,35-,38+,42-,45-/m1/s1. The number of benzene rings is 1. The third-order valence-corrected chi connectivity index (χ3v) is 12.9. The number of rotatable bonds is 8. The van der Waals surface area contributed by atoms with E-state index in [1.807, 2.05) is 57.6 Å². The van der Waals surface area contributed by atoms with E-state index in [-0.39, 0.29) is 39.9 Å². The minimum Gasteiger partial charge on any atom is -0.507 e. The number of nitrogens with two attached hydrogens (primary N) is 2. The number of carbonyl (C=O) groups excluding carboxylic acids is 1. The third kappa shape index (κ3) is 6.19.